The maximum atomic E-state index is 13.3. The van der Waals surface area contributed by atoms with E-state index < -0.39 is 23.5 Å². The molecular formula is C11H8F4O2. The zero-order chi connectivity index (χ0) is 13.1. The Morgan fingerprint density at radius 3 is 2.35 bits per heavy atom. The van der Waals surface area contributed by atoms with Crippen LogP contribution in [0.3, 0.4) is 0 Å². The molecule has 17 heavy (non-hydrogen) atoms. The molecule has 1 aromatic carbocycles. The molecule has 92 valence electrons. The summed E-state index contributed by atoms with van der Waals surface area (Å²) in [6, 6.07) is 5.07. The van der Waals surface area contributed by atoms with Crippen molar-refractivity contribution in [1.82, 2.24) is 0 Å². The largest absolute Gasteiger partial charge is 0.496 e. The van der Waals surface area contributed by atoms with Crippen molar-refractivity contribution in [3.05, 3.63) is 41.7 Å². The number of hydrogen-bond donors (Lipinski definition) is 0. The molecule has 0 unspecified atom stereocenters. The molecule has 0 fully saturated rings. The summed E-state index contributed by atoms with van der Waals surface area (Å²) in [7, 11) is 1.06. The third-order valence-corrected chi connectivity index (χ3v) is 1.90. The summed E-state index contributed by atoms with van der Waals surface area (Å²) in [5.74, 6) is -3.33. The highest BCUT2D eigenvalue weighted by atomic mass is 19.4. The van der Waals surface area contributed by atoms with E-state index in [4.69, 9.17) is 0 Å². The second-order valence-corrected chi connectivity index (χ2v) is 3.05. The third kappa shape index (κ3) is 3.30. The smallest absolute Gasteiger partial charge is 0.454 e. The lowest BCUT2D eigenvalue weighted by Gasteiger charge is -2.08. The zero-order valence-corrected chi connectivity index (χ0v) is 8.72. The molecule has 1 rings (SSSR count). The zero-order valence-electron chi connectivity index (χ0n) is 8.72. The first kappa shape index (κ1) is 13.2. The van der Waals surface area contributed by atoms with Crippen molar-refractivity contribution < 1.29 is 27.1 Å². The van der Waals surface area contributed by atoms with Gasteiger partial charge in [0.2, 0.25) is 0 Å². The van der Waals surface area contributed by atoms with Gasteiger partial charge in [0.05, 0.1) is 12.7 Å². The molecule has 0 saturated heterocycles. The van der Waals surface area contributed by atoms with Crippen molar-refractivity contribution in [2.75, 3.05) is 7.11 Å². The Balaban J connectivity index is 3.13. The highest BCUT2D eigenvalue weighted by Gasteiger charge is 2.37. The lowest BCUT2D eigenvalue weighted by Crippen LogP contribution is -2.20. The Bertz CT molecular complexity index is 449. The topological polar surface area (TPSA) is 26.3 Å². The molecule has 0 aliphatic carbocycles. The quantitative estimate of drug-likeness (QED) is 0.467. The van der Waals surface area contributed by atoms with Crippen LogP contribution in [0.5, 0.6) is 0 Å². The van der Waals surface area contributed by atoms with E-state index in [1.807, 2.05) is 0 Å². The Morgan fingerprint density at radius 1 is 1.29 bits per heavy atom. The number of methoxy groups -OCH3 is 1. The van der Waals surface area contributed by atoms with Gasteiger partial charge in [0.15, 0.2) is 0 Å². The summed E-state index contributed by atoms with van der Waals surface area (Å²) in [5.41, 5.74) is -0.201. The number of carbonyl (C=O) groups excluding carboxylic acids is 1. The standard InChI is InChI=1S/C11H8F4O2/c1-17-9(6-10(16)11(13,14)15)7-4-2-3-5-8(7)12/h2-6H,1H3/b9-6-. The van der Waals surface area contributed by atoms with Crippen LogP contribution >= 0.6 is 0 Å². The maximum Gasteiger partial charge on any atom is 0.454 e. The van der Waals surface area contributed by atoms with E-state index in [0.29, 0.717) is 0 Å². The molecule has 0 saturated carbocycles. The predicted octanol–water partition coefficient (Wildman–Crippen LogP) is 2.94. The summed E-state index contributed by atoms with van der Waals surface area (Å²) < 4.78 is 53.9. The van der Waals surface area contributed by atoms with Crippen molar-refractivity contribution in [3.63, 3.8) is 0 Å². The Kier molecular flexibility index (Phi) is 3.88. The molecule has 0 amide bonds. The van der Waals surface area contributed by atoms with E-state index in [1.165, 1.54) is 18.2 Å². The number of ether oxygens (including phenoxy) is 1. The summed E-state index contributed by atoms with van der Waals surface area (Å²) in [6.07, 6.45) is -4.78. The van der Waals surface area contributed by atoms with Crippen LogP contribution in [0, 0.1) is 5.82 Å². The number of ketones is 1. The second kappa shape index (κ2) is 4.99. The summed E-state index contributed by atoms with van der Waals surface area (Å²) in [4.78, 5) is 10.7. The number of carbonyl (C=O) groups is 1. The molecule has 0 spiro atoms. The van der Waals surface area contributed by atoms with Gasteiger partial charge in [-0.2, -0.15) is 13.2 Å². The molecule has 0 aromatic heterocycles. The van der Waals surface area contributed by atoms with Crippen molar-refractivity contribution in [2.24, 2.45) is 0 Å². The van der Waals surface area contributed by atoms with Crippen LogP contribution in [-0.2, 0) is 9.53 Å². The van der Waals surface area contributed by atoms with Crippen LogP contribution < -0.4 is 0 Å². The van der Waals surface area contributed by atoms with Gasteiger partial charge in [-0.1, -0.05) is 12.1 Å². The number of halogens is 4. The molecule has 0 atom stereocenters. The van der Waals surface area contributed by atoms with Crippen LogP contribution in [0.2, 0.25) is 0 Å². The van der Waals surface area contributed by atoms with Gasteiger partial charge in [-0.25, -0.2) is 4.39 Å². The average molecular weight is 248 g/mol. The number of allylic oxidation sites excluding steroid dienone is 1. The number of hydrogen-bond acceptors (Lipinski definition) is 2. The van der Waals surface area contributed by atoms with E-state index >= 15 is 0 Å². The van der Waals surface area contributed by atoms with Gasteiger partial charge >= 0.3 is 6.18 Å². The Morgan fingerprint density at radius 2 is 1.88 bits per heavy atom. The van der Waals surface area contributed by atoms with E-state index in [-0.39, 0.29) is 11.6 Å². The van der Waals surface area contributed by atoms with Crippen LogP contribution in [0.4, 0.5) is 17.6 Å². The normalized spacial score (nSPS) is 12.4. The monoisotopic (exact) mass is 248 g/mol. The van der Waals surface area contributed by atoms with Gasteiger partial charge in [0.25, 0.3) is 5.78 Å². The van der Waals surface area contributed by atoms with Crippen molar-refractivity contribution in [1.29, 1.82) is 0 Å². The summed E-state index contributed by atoms with van der Waals surface area (Å²) >= 11 is 0. The molecule has 6 heteroatoms. The van der Waals surface area contributed by atoms with Gasteiger partial charge in [-0.3, -0.25) is 4.79 Å². The van der Waals surface area contributed by atoms with E-state index in [0.717, 1.165) is 13.2 Å². The highest BCUT2D eigenvalue weighted by Crippen LogP contribution is 2.22. The fourth-order valence-corrected chi connectivity index (χ4v) is 1.11. The maximum absolute atomic E-state index is 13.3. The van der Waals surface area contributed by atoms with Crippen molar-refractivity contribution >= 4 is 11.5 Å². The second-order valence-electron chi connectivity index (χ2n) is 3.05. The molecule has 1 aromatic rings. The third-order valence-electron chi connectivity index (χ3n) is 1.90. The van der Waals surface area contributed by atoms with Crippen LogP contribution in [0.25, 0.3) is 5.76 Å². The minimum absolute atomic E-state index is 0.201. The first-order chi connectivity index (χ1) is 7.86. The molecule has 0 radical (unpaired) electrons. The lowest BCUT2D eigenvalue weighted by atomic mass is 10.1. The molecule has 0 aliphatic rings. The summed E-state index contributed by atoms with van der Waals surface area (Å²) in [6.45, 7) is 0. The van der Waals surface area contributed by atoms with Gasteiger partial charge in [0.1, 0.15) is 11.6 Å². The van der Waals surface area contributed by atoms with Crippen LogP contribution in [-0.4, -0.2) is 19.1 Å². The highest BCUT2D eigenvalue weighted by molar-refractivity contribution is 5.99. The van der Waals surface area contributed by atoms with Crippen molar-refractivity contribution in [2.45, 2.75) is 6.18 Å². The van der Waals surface area contributed by atoms with E-state index in [1.54, 1.807) is 0 Å². The molecular weight excluding hydrogens is 240 g/mol. The molecule has 2 nitrogen and oxygen atoms in total. The average Bonchev–Trinajstić information content (AvgIpc) is 2.25. The predicted molar refractivity (Wildman–Crippen MR) is 52.4 cm³/mol. The van der Waals surface area contributed by atoms with Crippen LogP contribution in [0.1, 0.15) is 5.56 Å². The number of alkyl halides is 3. The minimum atomic E-state index is -5.00. The fourth-order valence-electron chi connectivity index (χ4n) is 1.11. The SMILES string of the molecule is CO/C(=C\C(=O)C(F)(F)F)c1ccccc1F. The number of rotatable bonds is 3. The lowest BCUT2D eigenvalue weighted by molar-refractivity contribution is -0.165. The van der Waals surface area contributed by atoms with E-state index in [2.05, 4.69) is 4.74 Å². The van der Waals surface area contributed by atoms with Gasteiger partial charge < -0.3 is 4.74 Å². The first-order valence-electron chi connectivity index (χ1n) is 4.48. The fraction of sp³-hybridized carbons (Fsp3) is 0.182. The van der Waals surface area contributed by atoms with E-state index in [9.17, 15) is 22.4 Å². The molecule has 0 aliphatic heterocycles. The van der Waals surface area contributed by atoms with Gasteiger partial charge in [-0.05, 0) is 12.1 Å². The molecule has 0 N–H and O–H groups in total. The van der Waals surface area contributed by atoms with Crippen LogP contribution in [0.15, 0.2) is 30.3 Å². The number of benzene rings is 1. The molecule has 0 bridgehead atoms. The first-order valence-corrected chi connectivity index (χ1v) is 4.48. The molecule has 0 heterocycles. The van der Waals surface area contributed by atoms with Crippen molar-refractivity contribution in [3.8, 4) is 0 Å². The summed E-state index contributed by atoms with van der Waals surface area (Å²) in [5, 5.41) is 0. The van der Waals surface area contributed by atoms with Gasteiger partial charge in [-0.15, -0.1) is 0 Å². The Labute approximate surface area is 94.5 Å². The minimum Gasteiger partial charge on any atom is -0.496 e. The Hall–Kier alpha value is -1.85. The van der Waals surface area contributed by atoms with Gasteiger partial charge in [0, 0.05) is 6.08 Å².